The van der Waals surface area contributed by atoms with Crippen molar-refractivity contribution in [3.05, 3.63) is 71.3 Å². The molecule has 1 saturated heterocycles. The number of benzene rings is 2. The average Bonchev–Trinajstić information content (AvgIpc) is 3.02. The fourth-order valence-electron chi connectivity index (χ4n) is 3.46. The quantitative estimate of drug-likeness (QED) is 0.773. The molecule has 0 saturated carbocycles. The Bertz CT molecular complexity index is 736. The summed E-state index contributed by atoms with van der Waals surface area (Å²) in [6, 6.07) is 13.3. The first-order valence-corrected chi connectivity index (χ1v) is 8.46. The molecule has 0 bridgehead atoms. The van der Waals surface area contributed by atoms with Crippen molar-refractivity contribution in [3.8, 4) is 0 Å². The maximum absolute atomic E-state index is 14.3. The maximum Gasteiger partial charge on any atom is 0.310 e. The molecular formula is C20H21F2NO2. The molecule has 0 spiro atoms. The molecule has 1 fully saturated rings. The van der Waals surface area contributed by atoms with Gasteiger partial charge in [-0.25, -0.2) is 8.78 Å². The van der Waals surface area contributed by atoms with Gasteiger partial charge in [0, 0.05) is 25.6 Å². The van der Waals surface area contributed by atoms with E-state index in [4.69, 9.17) is 4.74 Å². The molecule has 3 rings (SSSR count). The fraction of sp³-hybridized carbons (Fsp3) is 0.350. The highest BCUT2D eigenvalue weighted by Crippen LogP contribution is 2.36. The SMILES string of the molecule is CCOC(=O)[C@H]1CN(Cc2ccccc2)C[C@@H]1c1cc(F)ccc1F. The fourth-order valence-corrected chi connectivity index (χ4v) is 3.46. The first-order chi connectivity index (χ1) is 12.1. The monoisotopic (exact) mass is 345 g/mol. The van der Waals surface area contributed by atoms with Crippen molar-refractivity contribution in [2.24, 2.45) is 5.92 Å². The third-order valence-corrected chi connectivity index (χ3v) is 4.59. The molecule has 0 aromatic heterocycles. The van der Waals surface area contributed by atoms with Crippen molar-refractivity contribution in [3.63, 3.8) is 0 Å². The summed E-state index contributed by atoms with van der Waals surface area (Å²) in [6.07, 6.45) is 0. The summed E-state index contributed by atoms with van der Waals surface area (Å²) >= 11 is 0. The predicted molar refractivity (Wildman–Crippen MR) is 90.9 cm³/mol. The molecule has 1 heterocycles. The van der Waals surface area contributed by atoms with Crippen LogP contribution in [0.5, 0.6) is 0 Å². The third kappa shape index (κ3) is 4.04. The standard InChI is InChI=1S/C20H21F2NO2/c1-2-25-20(24)18-13-23(11-14-6-4-3-5-7-14)12-17(18)16-10-15(21)8-9-19(16)22/h3-10,17-18H,2,11-13H2,1H3/t17-,18+/m1/s1. The van der Waals surface area contributed by atoms with Gasteiger partial charge in [0.25, 0.3) is 0 Å². The lowest BCUT2D eigenvalue weighted by atomic mass is 9.88. The van der Waals surface area contributed by atoms with Crippen LogP contribution in [0.25, 0.3) is 0 Å². The largest absolute Gasteiger partial charge is 0.466 e. The van der Waals surface area contributed by atoms with Crippen molar-refractivity contribution >= 4 is 5.97 Å². The number of nitrogens with zero attached hydrogens (tertiary/aromatic N) is 1. The summed E-state index contributed by atoms with van der Waals surface area (Å²) < 4.78 is 33.0. The number of likely N-dealkylation sites (tertiary alicyclic amines) is 1. The minimum absolute atomic E-state index is 0.244. The van der Waals surface area contributed by atoms with E-state index >= 15 is 0 Å². The van der Waals surface area contributed by atoms with Gasteiger partial charge in [-0.1, -0.05) is 30.3 Å². The van der Waals surface area contributed by atoms with Crippen molar-refractivity contribution in [1.29, 1.82) is 0 Å². The van der Waals surface area contributed by atoms with Gasteiger partial charge in [0.2, 0.25) is 0 Å². The number of carbonyl (C=O) groups excluding carboxylic acids is 1. The molecule has 2 atom stereocenters. The Morgan fingerprint density at radius 2 is 1.92 bits per heavy atom. The lowest BCUT2D eigenvalue weighted by molar-refractivity contribution is -0.148. The van der Waals surface area contributed by atoms with E-state index in [1.807, 2.05) is 30.3 Å². The predicted octanol–water partition coefficient (Wildman–Crippen LogP) is 3.74. The van der Waals surface area contributed by atoms with Gasteiger partial charge >= 0.3 is 5.97 Å². The Hall–Kier alpha value is -2.27. The zero-order valence-electron chi connectivity index (χ0n) is 14.1. The number of hydrogen-bond donors (Lipinski definition) is 0. The number of hydrogen-bond acceptors (Lipinski definition) is 3. The molecule has 0 aliphatic carbocycles. The van der Waals surface area contributed by atoms with Crippen LogP contribution in [0.3, 0.4) is 0 Å². The molecule has 0 amide bonds. The number of esters is 1. The smallest absolute Gasteiger partial charge is 0.310 e. The lowest BCUT2D eigenvalue weighted by Gasteiger charge is -2.18. The van der Waals surface area contributed by atoms with Crippen LogP contribution >= 0.6 is 0 Å². The average molecular weight is 345 g/mol. The second kappa shape index (κ2) is 7.74. The Labute approximate surface area is 146 Å². The van der Waals surface area contributed by atoms with E-state index < -0.39 is 23.5 Å². The zero-order valence-corrected chi connectivity index (χ0v) is 14.1. The summed E-state index contributed by atoms with van der Waals surface area (Å²) in [4.78, 5) is 14.4. The summed E-state index contributed by atoms with van der Waals surface area (Å²) in [5.41, 5.74) is 1.36. The number of rotatable bonds is 5. The number of halogens is 2. The lowest BCUT2D eigenvalue weighted by Crippen LogP contribution is -2.25. The van der Waals surface area contributed by atoms with Crippen LogP contribution in [-0.2, 0) is 16.1 Å². The normalized spacial score (nSPS) is 20.6. The van der Waals surface area contributed by atoms with Gasteiger partial charge in [0.1, 0.15) is 11.6 Å². The maximum atomic E-state index is 14.3. The molecule has 2 aromatic carbocycles. The highest BCUT2D eigenvalue weighted by molar-refractivity contribution is 5.74. The van der Waals surface area contributed by atoms with Gasteiger partial charge in [0.05, 0.1) is 12.5 Å². The molecule has 1 aliphatic rings. The van der Waals surface area contributed by atoms with Crippen LogP contribution < -0.4 is 0 Å². The molecule has 2 aromatic rings. The van der Waals surface area contributed by atoms with E-state index in [0.717, 1.165) is 17.7 Å². The Morgan fingerprint density at radius 3 is 2.64 bits per heavy atom. The van der Waals surface area contributed by atoms with Crippen molar-refractivity contribution in [2.75, 3.05) is 19.7 Å². The van der Waals surface area contributed by atoms with Gasteiger partial charge in [0.15, 0.2) is 0 Å². The van der Waals surface area contributed by atoms with Crippen LogP contribution in [-0.4, -0.2) is 30.6 Å². The summed E-state index contributed by atoms with van der Waals surface area (Å²) in [5, 5.41) is 0. The molecule has 3 nitrogen and oxygen atoms in total. The molecule has 0 N–H and O–H groups in total. The van der Waals surface area contributed by atoms with Crippen LogP contribution in [0.1, 0.15) is 24.0 Å². The van der Waals surface area contributed by atoms with Crippen molar-refractivity contribution in [1.82, 2.24) is 4.90 Å². The molecular weight excluding hydrogens is 324 g/mol. The van der Waals surface area contributed by atoms with Crippen LogP contribution in [0.2, 0.25) is 0 Å². The summed E-state index contributed by atoms with van der Waals surface area (Å²) in [5.74, 6) is -2.26. The van der Waals surface area contributed by atoms with E-state index in [-0.39, 0.29) is 18.1 Å². The van der Waals surface area contributed by atoms with Crippen LogP contribution in [0.15, 0.2) is 48.5 Å². The van der Waals surface area contributed by atoms with Crippen molar-refractivity contribution < 1.29 is 18.3 Å². The van der Waals surface area contributed by atoms with E-state index in [9.17, 15) is 13.6 Å². The van der Waals surface area contributed by atoms with Crippen LogP contribution in [0, 0.1) is 17.6 Å². The van der Waals surface area contributed by atoms with Crippen LogP contribution in [0.4, 0.5) is 8.78 Å². The van der Waals surface area contributed by atoms with Crippen molar-refractivity contribution in [2.45, 2.75) is 19.4 Å². The second-order valence-electron chi connectivity index (χ2n) is 6.31. The minimum atomic E-state index is -0.500. The molecule has 132 valence electrons. The van der Waals surface area contributed by atoms with E-state index in [2.05, 4.69) is 4.90 Å². The van der Waals surface area contributed by atoms with E-state index in [0.29, 0.717) is 19.6 Å². The zero-order chi connectivity index (χ0) is 17.8. The first-order valence-electron chi connectivity index (χ1n) is 8.46. The Kier molecular flexibility index (Phi) is 5.43. The number of ether oxygens (including phenoxy) is 1. The van der Waals surface area contributed by atoms with Gasteiger partial charge in [-0.2, -0.15) is 0 Å². The number of carbonyl (C=O) groups is 1. The van der Waals surface area contributed by atoms with Gasteiger partial charge in [-0.3, -0.25) is 9.69 Å². The molecule has 1 aliphatic heterocycles. The summed E-state index contributed by atoms with van der Waals surface area (Å²) in [6.45, 7) is 3.62. The molecule has 0 radical (unpaired) electrons. The van der Waals surface area contributed by atoms with Gasteiger partial charge in [-0.05, 0) is 36.2 Å². The Balaban J connectivity index is 1.85. The van der Waals surface area contributed by atoms with Gasteiger partial charge < -0.3 is 4.74 Å². The minimum Gasteiger partial charge on any atom is -0.466 e. The molecule has 25 heavy (non-hydrogen) atoms. The highest BCUT2D eigenvalue weighted by atomic mass is 19.1. The Morgan fingerprint density at radius 1 is 1.16 bits per heavy atom. The highest BCUT2D eigenvalue weighted by Gasteiger charge is 2.40. The first kappa shape index (κ1) is 17.5. The molecule has 0 unspecified atom stereocenters. The third-order valence-electron chi connectivity index (χ3n) is 4.59. The van der Waals surface area contributed by atoms with Gasteiger partial charge in [-0.15, -0.1) is 0 Å². The molecule has 5 heteroatoms. The van der Waals surface area contributed by atoms with E-state index in [1.54, 1.807) is 6.92 Å². The second-order valence-corrected chi connectivity index (χ2v) is 6.31. The van der Waals surface area contributed by atoms with E-state index in [1.165, 1.54) is 6.07 Å². The summed E-state index contributed by atoms with van der Waals surface area (Å²) in [7, 11) is 0. The topological polar surface area (TPSA) is 29.5 Å².